The lowest BCUT2D eigenvalue weighted by Crippen LogP contribution is -2.38. The highest BCUT2D eigenvalue weighted by atomic mass is 35.5. The number of hydrogen-bond acceptors (Lipinski definition) is 3. The zero-order chi connectivity index (χ0) is 14.9. The minimum atomic E-state index is 0. The fraction of sp³-hybridized carbons (Fsp3) is 0.722. The summed E-state index contributed by atoms with van der Waals surface area (Å²) < 4.78 is 0. The van der Waals surface area contributed by atoms with E-state index in [0.717, 1.165) is 24.4 Å². The Labute approximate surface area is 149 Å². The van der Waals surface area contributed by atoms with Crippen molar-refractivity contribution in [1.29, 1.82) is 0 Å². The molecule has 0 aromatic carbocycles. The molecule has 0 radical (unpaired) electrons. The number of fused-ring (bicyclic) bond motifs is 3. The van der Waals surface area contributed by atoms with E-state index in [2.05, 4.69) is 16.3 Å². The molecule has 3 aliphatic rings. The van der Waals surface area contributed by atoms with Gasteiger partial charge in [0.25, 0.3) is 5.91 Å². The lowest BCUT2D eigenvalue weighted by Gasteiger charge is -2.23. The van der Waals surface area contributed by atoms with Crippen LogP contribution in [0.5, 0.6) is 0 Å². The van der Waals surface area contributed by atoms with Gasteiger partial charge in [0.2, 0.25) is 0 Å². The molecular weight excluding hydrogens is 328 g/mol. The largest absolute Gasteiger partial charge is 0.336 e. The number of hydrogen-bond donors (Lipinski definition) is 1. The summed E-state index contributed by atoms with van der Waals surface area (Å²) in [6.45, 7) is 1.83. The molecule has 5 heteroatoms. The Kier molecular flexibility index (Phi) is 5.65. The summed E-state index contributed by atoms with van der Waals surface area (Å²) in [6, 6.07) is 3.38. The number of carbonyl (C=O) groups excluding carboxylic acids is 1. The number of aryl methyl sites for hydroxylation is 2. The monoisotopic (exact) mass is 354 g/mol. The summed E-state index contributed by atoms with van der Waals surface area (Å²) in [7, 11) is 0. The summed E-state index contributed by atoms with van der Waals surface area (Å²) >= 11 is 1.77. The maximum Gasteiger partial charge on any atom is 0.263 e. The van der Waals surface area contributed by atoms with E-state index in [-0.39, 0.29) is 18.3 Å². The molecule has 2 atom stereocenters. The molecule has 1 aromatic heterocycles. The van der Waals surface area contributed by atoms with Crippen molar-refractivity contribution in [2.45, 2.75) is 69.9 Å². The van der Waals surface area contributed by atoms with Gasteiger partial charge in [0.1, 0.15) is 0 Å². The van der Waals surface area contributed by atoms with E-state index >= 15 is 0 Å². The van der Waals surface area contributed by atoms with Gasteiger partial charge in [-0.3, -0.25) is 4.79 Å². The SMILES string of the molecule is Cl.O=C(c1cc2c(s1)CCCCCC2)N1CCC2CCC(C1)N2. The maximum absolute atomic E-state index is 12.9. The average molecular weight is 355 g/mol. The van der Waals surface area contributed by atoms with Gasteiger partial charge in [0, 0.05) is 30.1 Å². The molecule has 128 valence electrons. The highest BCUT2D eigenvalue weighted by Gasteiger charge is 2.32. The first kappa shape index (κ1) is 17.2. The number of likely N-dealkylation sites (tertiary alicyclic amines) is 1. The van der Waals surface area contributed by atoms with Gasteiger partial charge in [-0.1, -0.05) is 12.8 Å². The zero-order valence-electron chi connectivity index (χ0n) is 13.7. The molecule has 3 heterocycles. The standard InChI is InChI=1S/C18H26N2OS.ClH/c21-18(20-10-9-14-7-8-15(12-20)19-14)17-11-13-5-3-1-2-4-6-16(13)22-17;/h11,14-15,19H,1-10,12H2;1H. The van der Waals surface area contributed by atoms with Gasteiger partial charge in [-0.2, -0.15) is 0 Å². The number of halogens is 1. The third-order valence-electron chi connectivity index (χ3n) is 5.52. The summed E-state index contributed by atoms with van der Waals surface area (Å²) in [4.78, 5) is 17.5. The highest BCUT2D eigenvalue weighted by Crippen LogP contribution is 2.30. The van der Waals surface area contributed by atoms with Crippen molar-refractivity contribution in [3.05, 3.63) is 21.4 Å². The predicted octanol–water partition coefficient (Wildman–Crippen LogP) is 3.80. The number of amides is 1. The van der Waals surface area contributed by atoms with Crippen LogP contribution in [0.2, 0.25) is 0 Å². The first-order chi connectivity index (χ1) is 10.8. The highest BCUT2D eigenvalue weighted by molar-refractivity contribution is 7.14. The van der Waals surface area contributed by atoms with Crippen LogP contribution >= 0.6 is 23.7 Å². The van der Waals surface area contributed by atoms with Gasteiger partial charge in [-0.25, -0.2) is 0 Å². The van der Waals surface area contributed by atoms with Gasteiger partial charge in [-0.05, 0) is 56.6 Å². The van der Waals surface area contributed by atoms with E-state index < -0.39 is 0 Å². The predicted molar refractivity (Wildman–Crippen MR) is 97.9 cm³/mol. The average Bonchev–Trinajstić information content (AvgIpc) is 3.02. The number of thiophene rings is 1. The minimum absolute atomic E-state index is 0. The van der Waals surface area contributed by atoms with Gasteiger partial charge in [0.05, 0.1) is 4.88 Å². The van der Waals surface area contributed by atoms with E-state index in [1.165, 1.54) is 61.8 Å². The molecule has 2 fully saturated rings. The number of nitrogens with zero attached hydrogens (tertiary/aromatic N) is 1. The Bertz CT molecular complexity index is 534. The molecule has 0 saturated carbocycles. The smallest absolute Gasteiger partial charge is 0.263 e. The van der Waals surface area contributed by atoms with Crippen molar-refractivity contribution in [2.24, 2.45) is 0 Å². The summed E-state index contributed by atoms with van der Waals surface area (Å²) in [5.41, 5.74) is 1.46. The van der Waals surface area contributed by atoms with E-state index in [9.17, 15) is 4.79 Å². The van der Waals surface area contributed by atoms with Crippen LogP contribution in [-0.4, -0.2) is 36.0 Å². The lowest BCUT2D eigenvalue weighted by molar-refractivity contribution is 0.0753. The molecule has 0 spiro atoms. The van der Waals surface area contributed by atoms with Crippen molar-refractivity contribution in [1.82, 2.24) is 10.2 Å². The van der Waals surface area contributed by atoms with E-state index in [0.29, 0.717) is 12.1 Å². The summed E-state index contributed by atoms with van der Waals surface area (Å²) in [5.74, 6) is 0.283. The zero-order valence-corrected chi connectivity index (χ0v) is 15.3. The number of carbonyl (C=O) groups is 1. The van der Waals surface area contributed by atoms with E-state index in [1.807, 2.05) is 0 Å². The summed E-state index contributed by atoms with van der Waals surface area (Å²) in [6.07, 6.45) is 11.3. The maximum atomic E-state index is 12.9. The molecule has 3 nitrogen and oxygen atoms in total. The quantitative estimate of drug-likeness (QED) is 0.832. The minimum Gasteiger partial charge on any atom is -0.336 e. The molecule has 2 bridgehead atoms. The van der Waals surface area contributed by atoms with Crippen LogP contribution in [-0.2, 0) is 12.8 Å². The van der Waals surface area contributed by atoms with Crippen LogP contribution < -0.4 is 5.32 Å². The Morgan fingerprint density at radius 2 is 1.87 bits per heavy atom. The molecule has 2 unspecified atom stereocenters. The molecule has 1 aliphatic carbocycles. The van der Waals surface area contributed by atoms with Crippen molar-refractivity contribution < 1.29 is 4.79 Å². The van der Waals surface area contributed by atoms with Crippen LogP contribution in [0.4, 0.5) is 0 Å². The second-order valence-electron chi connectivity index (χ2n) is 7.15. The molecule has 1 aromatic rings. The summed E-state index contributed by atoms with van der Waals surface area (Å²) in [5, 5.41) is 3.66. The van der Waals surface area contributed by atoms with Crippen LogP contribution in [0.3, 0.4) is 0 Å². The Balaban J connectivity index is 0.00000156. The topological polar surface area (TPSA) is 32.3 Å². The molecular formula is C18H27ClN2OS. The van der Waals surface area contributed by atoms with Gasteiger partial charge in [-0.15, -0.1) is 23.7 Å². The molecule has 4 rings (SSSR count). The van der Waals surface area contributed by atoms with Crippen molar-refractivity contribution >= 4 is 29.7 Å². The first-order valence-electron chi connectivity index (χ1n) is 8.96. The second kappa shape index (κ2) is 7.54. The Hall–Kier alpha value is -0.580. The van der Waals surface area contributed by atoms with Crippen LogP contribution in [0.15, 0.2) is 6.07 Å². The Morgan fingerprint density at radius 1 is 1.09 bits per heavy atom. The van der Waals surface area contributed by atoms with Crippen molar-refractivity contribution in [3.63, 3.8) is 0 Å². The second-order valence-corrected chi connectivity index (χ2v) is 8.29. The third kappa shape index (κ3) is 3.75. The van der Waals surface area contributed by atoms with Crippen LogP contribution in [0.1, 0.15) is 65.1 Å². The number of rotatable bonds is 1. The first-order valence-corrected chi connectivity index (χ1v) is 9.78. The third-order valence-corrected chi connectivity index (χ3v) is 6.74. The fourth-order valence-corrected chi connectivity index (χ4v) is 5.45. The van der Waals surface area contributed by atoms with Crippen molar-refractivity contribution in [3.8, 4) is 0 Å². The Morgan fingerprint density at radius 3 is 2.74 bits per heavy atom. The molecule has 23 heavy (non-hydrogen) atoms. The van der Waals surface area contributed by atoms with Crippen LogP contribution in [0.25, 0.3) is 0 Å². The number of nitrogens with one attached hydrogen (secondary N) is 1. The molecule has 2 aliphatic heterocycles. The van der Waals surface area contributed by atoms with Crippen LogP contribution in [0, 0.1) is 0 Å². The van der Waals surface area contributed by atoms with Gasteiger partial charge >= 0.3 is 0 Å². The van der Waals surface area contributed by atoms with Gasteiger partial charge in [0.15, 0.2) is 0 Å². The molecule has 1 amide bonds. The lowest BCUT2D eigenvalue weighted by atomic mass is 9.99. The molecule has 1 N–H and O–H groups in total. The normalized spacial score (nSPS) is 27.4. The van der Waals surface area contributed by atoms with Crippen molar-refractivity contribution in [2.75, 3.05) is 13.1 Å². The fourth-order valence-electron chi connectivity index (χ4n) is 4.23. The van der Waals surface area contributed by atoms with Gasteiger partial charge < -0.3 is 10.2 Å². The van der Waals surface area contributed by atoms with E-state index in [1.54, 1.807) is 11.3 Å². The van der Waals surface area contributed by atoms with E-state index in [4.69, 9.17) is 0 Å². The molecule has 2 saturated heterocycles.